The van der Waals surface area contributed by atoms with Crippen molar-refractivity contribution in [3.63, 3.8) is 0 Å². The van der Waals surface area contributed by atoms with E-state index in [1.165, 1.54) is 33.3 Å². The molecule has 1 aromatic heterocycles. The maximum Gasteiger partial charge on any atom is 0.244 e. The number of ether oxygens (including phenoxy) is 1. The second-order valence-corrected chi connectivity index (χ2v) is 10.1. The lowest BCUT2D eigenvalue weighted by atomic mass is 10.2. The zero-order valence-electron chi connectivity index (χ0n) is 18.1. The summed E-state index contributed by atoms with van der Waals surface area (Å²) in [5.74, 6) is -1.02. The Morgan fingerprint density at radius 1 is 1.28 bits per heavy atom. The van der Waals surface area contributed by atoms with Crippen molar-refractivity contribution in [1.29, 1.82) is 0 Å². The summed E-state index contributed by atoms with van der Waals surface area (Å²) in [5.41, 5.74) is 1.71. The molecule has 2 aromatic rings. The highest BCUT2D eigenvalue weighted by atomic mass is 35.5. The predicted octanol–water partition coefficient (Wildman–Crippen LogP) is 2.54. The minimum atomic E-state index is -3.50. The van der Waals surface area contributed by atoms with Crippen LogP contribution in [0.5, 0.6) is 0 Å². The molecular formula is C21H26ClFN4O4S. The molecule has 11 heteroatoms. The number of rotatable bonds is 7. The average molecular weight is 485 g/mol. The SMILES string of the molecule is Cc1nn(-c2ccc(F)cc2)c(Cl)c1/C=C/C(=O)NCCS(=O)(=O)N1CC(C)OC(C)C1. The largest absolute Gasteiger partial charge is 0.373 e. The lowest BCUT2D eigenvalue weighted by molar-refractivity contribution is -0.116. The fraction of sp³-hybridized carbons (Fsp3) is 0.429. The van der Waals surface area contributed by atoms with Crippen molar-refractivity contribution in [3.8, 4) is 5.69 Å². The van der Waals surface area contributed by atoms with E-state index >= 15 is 0 Å². The van der Waals surface area contributed by atoms with E-state index in [1.807, 2.05) is 13.8 Å². The number of carbonyl (C=O) groups excluding carboxylic acids is 1. The summed E-state index contributed by atoms with van der Waals surface area (Å²) in [6, 6.07) is 5.70. The van der Waals surface area contributed by atoms with E-state index in [0.29, 0.717) is 30.0 Å². The Balaban J connectivity index is 1.58. The highest BCUT2D eigenvalue weighted by Gasteiger charge is 2.30. The molecule has 0 aliphatic carbocycles. The number of nitrogens with zero attached hydrogens (tertiary/aromatic N) is 3. The zero-order chi connectivity index (χ0) is 23.5. The summed E-state index contributed by atoms with van der Waals surface area (Å²) in [4.78, 5) is 12.2. The number of hydrogen-bond acceptors (Lipinski definition) is 5. The van der Waals surface area contributed by atoms with Crippen molar-refractivity contribution >= 4 is 33.6 Å². The Hall–Kier alpha value is -2.27. The molecule has 0 saturated carbocycles. The van der Waals surface area contributed by atoms with Crippen molar-refractivity contribution in [2.45, 2.75) is 33.0 Å². The van der Waals surface area contributed by atoms with Crippen LogP contribution in [-0.2, 0) is 19.6 Å². The van der Waals surface area contributed by atoms with Gasteiger partial charge in [-0.05, 0) is 51.1 Å². The van der Waals surface area contributed by atoms with Crippen molar-refractivity contribution in [2.75, 3.05) is 25.4 Å². The van der Waals surface area contributed by atoms with Crippen LogP contribution in [0.15, 0.2) is 30.3 Å². The lowest BCUT2D eigenvalue weighted by Crippen LogP contribution is -2.49. The monoisotopic (exact) mass is 484 g/mol. The lowest BCUT2D eigenvalue weighted by Gasteiger charge is -2.34. The predicted molar refractivity (Wildman–Crippen MR) is 121 cm³/mol. The number of amides is 1. The third-order valence-electron chi connectivity index (χ3n) is 4.96. The number of nitrogens with one attached hydrogen (secondary N) is 1. The van der Waals surface area contributed by atoms with Crippen LogP contribution in [0, 0.1) is 12.7 Å². The number of hydrogen-bond donors (Lipinski definition) is 1. The molecule has 174 valence electrons. The minimum absolute atomic E-state index is 0.0207. The second kappa shape index (κ2) is 10.1. The number of sulfonamides is 1. The Morgan fingerprint density at radius 2 is 1.91 bits per heavy atom. The van der Waals surface area contributed by atoms with E-state index in [4.69, 9.17) is 16.3 Å². The summed E-state index contributed by atoms with van der Waals surface area (Å²) in [5, 5.41) is 7.18. The molecule has 1 amide bonds. The molecule has 1 aromatic carbocycles. The van der Waals surface area contributed by atoms with Crippen molar-refractivity contribution < 1.29 is 22.3 Å². The number of halogens is 2. The van der Waals surface area contributed by atoms with E-state index < -0.39 is 15.9 Å². The van der Waals surface area contributed by atoms with Gasteiger partial charge in [0.15, 0.2) is 0 Å². The van der Waals surface area contributed by atoms with Gasteiger partial charge < -0.3 is 10.1 Å². The summed E-state index contributed by atoms with van der Waals surface area (Å²) >= 11 is 6.39. The number of aryl methyl sites for hydroxylation is 1. The molecule has 1 aliphatic rings. The molecule has 8 nitrogen and oxygen atoms in total. The second-order valence-electron chi connectivity index (χ2n) is 7.69. The van der Waals surface area contributed by atoms with Gasteiger partial charge in [0.1, 0.15) is 11.0 Å². The first kappa shape index (κ1) is 24.4. The highest BCUT2D eigenvalue weighted by molar-refractivity contribution is 7.89. The summed E-state index contributed by atoms with van der Waals surface area (Å²) in [6.45, 7) is 5.98. The van der Waals surface area contributed by atoms with Gasteiger partial charge in [-0.2, -0.15) is 9.40 Å². The smallest absolute Gasteiger partial charge is 0.244 e. The van der Waals surface area contributed by atoms with Crippen molar-refractivity contribution in [3.05, 3.63) is 52.6 Å². The summed E-state index contributed by atoms with van der Waals surface area (Å²) in [6.07, 6.45) is 2.45. The fourth-order valence-electron chi connectivity index (χ4n) is 3.46. The molecule has 2 unspecified atom stereocenters. The van der Waals surface area contributed by atoms with Gasteiger partial charge in [-0.3, -0.25) is 4.79 Å². The van der Waals surface area contributed by atoms with Gasteiger partial charge in [-0.15, -0.1) is 0 Å². The number of benzene rings is 1. The Bertz CT molecular complexity index is 1090. The van der Waals surface area contributed by atoms with Gasteiger partial charge in [-0.1, -0.05) is 11.6 Å². The molecule has 1 fully saturated rings. The molecule has 1 aliphatic heterocycles. The molecule has 0 bridgehead atoms. The van der Waals surface area contributed by atoms with E-state index in [2.05, 4.69) is 10.4 Å². The standard InChI is InChI=1S/C21H26ClFN4O4S/c1-14-12-26(13-15(2)31-14)32(29,30)11-10-24-20(28)9-8-19-16(3)25-27(21(19)22)18-6-4-17(23)5-7-18/h4-9,14-15H,10-13H2,1-3H3,(H,24,28)/b9-8+. The highest BCUT2D eigenvalue weighted by Crippen LogP contribution is 2.24. The fourth-order valence-corrected chi connectivity index (χ4v) is 5.29. The molecule has 2 heterocycles. The molecule has 0 radical (unpaired) electrons. The molecule has 32 heavy (non-hydrogen) atoms. The molecule has 1 N–H and O–H groups in total. The maximum absolute atomic E-state index is 13.1. The van der Waals surface area contributed by atoms with Gasteiger partial charge in [0, 0.05) is 31.3 Å². The van der Waals surface area contributed by atoms with Crippen molar-refractivity contribution in [2.24, 2.45) is 0 Å². The maximum atomic E-state index is 13.1. The summed E-state index contributed by atoms with van der Waals surface area (Å²) < 4.78 is 46.6. The van der Waals surface area contributed by atoms with Gasteiger partial charge in [0.05, 0.1) is 29.3 Å². The Labute approximate surface area is 192 Å². The van der Waals surface area contributed by atoms with E-state index in [-0.39, 0.29) is 35.5 Å². The van der Waals surface area contributed by atoms with E-state index in [9.17, 15) is 17.6 Å². The Kier molecular flexibility index (Phi) is 7.71. The van der Waals surface area contributed by atoms with Crippen molar-refractivity contribution in [1.82, 2.24) is 19.4 Å². The van der Waals surface area contributed by atoms with Crippen LogP contribution < -0.4 is 5.32 Å². The first-order chi connectivity index (χ1) is 15.1. The van der Waals surface area contributed by atoms with Gasteiger partial charge in [0.2, 0.25) is 15.9 Å². The van der Waals surface area contributed by atoms with Crippen LogP contribution in [0.4, 0.5) is 4.39 Å². The number of carbonyl (C=O) groups is 1. The molecular weight excluding hydrogens is 459 g/mol. The zero-order valence-corrected chi connectivity index (χ0v) is 19.7. The molecule has 2 atom stereocenters. The third kappa shape index (κ3) is 5.94. The average Bonchev–Trinajstić information content (AvgIpc) is 2.99. The van der Waals surface area contributed by atoms with Gasteiger partial charge in [-0.25, -0.2) is 17.5 Å². The van der Waals surface area contributed by atoms with Crippen LogP contribution in [0.25, 0.3) is 11.8 Å². The molecule has 1 saturated heterocycles. The van der Waals surface area contributed by atoms with Crippen LogP contribution in [0.1, 0.15) is 25.1 Å². The minimum Gasteiger partial charge on any atom is -0.373 e. The van der Waals surface area contributed by atoms with Crippen LogP contribution in [0.3, 0.4) is 0 Å². The van der Waals surface area contributed by atoms with Gasteiger partial charge >= 0.3 is 0 Å². The van der Waals surface area contributed by atoms with Gasteiger partial charge in [0.25, 0.3) is 0 Å². The molecule has 3 rings (SSSR count). The van der Waals surface area contributed by atoms with E-state index in [1.54, 1.807) is 19.1 Å². The topological polar surface area (TPSA) is 93.5 Å². The first-order valence-electron chi connectivity index (χ1n) is 10.2. The summed E-state index contributed by atoms with van der Waals surface area (Å²) in [7, 11) is -3.50. The number of aromatic nitrogens is 2. The number of morpholine rings is 1. The Morgan fingerprint density at radius 3 is 2.53 bits per heavy atom. The van der Waals surface area contributed by atoms with Crippen LogP contribution >= 0.6 is 11.6 Å². The van der Waals surface area contributed by atoms with E-state index in [0.717, 1.165) is 0 Å². The molecule has 0 spiro atoms. The normalized spacial score (nSPS) is 20.0. The quantitative estimate of drug-likeness (QED) is 0.609. The van der Waals surface area contributed by atoms with Crippen LogP contribution in [-0.4, -0.2) is 66.0 Å². The van der Waals surface area contributed by atoms with Crippen LogP contribution in [0.2, 0.25) is 5.15 Å². The third-order valence-corrected chi connectivity index (χ3v) is 7.13. The first-order valence-corrected chi connectivity index (χ1v) is 12.2.